The predicted molar refractivity (Wildman–Crippen MR) is 110 cm³/mol. The fourth-order valence-electron chi connectivity index (χ4n) is 3.44. The molecule has 0 fully saturated rings. The third kappa shape index (κ3) is 3.84. The Hall–Kier alpha value is -2.18. The van der Waals surface area contributed by atoms with Crippen LogP contribution < -0.4 is 4.74 Å². The fourth-order valence-corrected chi connectivity index (χ4v) is 3.69. The molecule has 0 saturated carbocycles. The van der Waals surface area contributed by atoms with Gasteiger partial charge in [-0.2, -0.15) is 0 Å². The van der Waals surface area contributed by atoms with Gasteiger partial charge in [0.2, 0.25) is 0 Å². The van der Waals surface area contributed by atoms with Gasteiger partial charge >= 0.3 is 0 Å². The zero-order valence-corrected chi connectivity index (χ0v) is 17.4. The predicted octanol–water partition coefficient (Wildman–Crippen LogP) is 5.28. The highest BCUT2D eigenvalue weighted by molar-refractivity contribution is 6.33. The van der Waals surface area contributed by atoms with Crippen LogP contribution in [0.5, 0.6) is 5.75 Å². The number of halogens is 2. The molecule has 0 spiro atoms. The van der Waals surface area contributed by atoms with Crippen molar-refractivity contribution in [3.63, 3.8) is 0 Å². The van der Waals surface area contributed by atoms with Gasteiger partial charge < -0.3 is 14.0 Å². The number of aryl methyl sites for hydroxylation is 2. The second-order valence-corrected chi connectivity index (χ2v) is 6.99. The van der Waals surface area contributed by atoms with Crippen molar-refractivity contribution >= 4 is 22.8 Å². The van der Waals surface area contributed by atoms with Gasteiger partial charge in [-0.05, 0) is 25.0 Å². The Bertz CT molecular complexity index is 970. The number of hydrogen-bond donors (Lipinski definition) is 0. The highest BCUT2D eigenvalue weighted by Crippen LogP contribution is 2.36. The van der Waals surface area contributed by atoms with Crippen molar-refractivity contribution in [2.45, 2.75) is 45.8 Å². The molecule has 2 aromatic heterocycles. The maximum Gasteiger partial charge on any atom is 0.165 e. The normalized spacial score (nSPS) is 12.5. The van der Waals surface area contributed by atoms with Gasteiger partial charge in [0.05, 0.1) is 18.2 Å². The highest BCUT2D eigenvalue weighted by atomic mass is 35.5. The maximum atomic E-state index is 14.3. The summed E-state index contributed by atoms with van der Waals surface area (Å²) in [5.74, 6) is 0.586. The number of aromatic nitrogens is 3. The number of ether oxygens (including phenoxy) is 2. The molecule has 0 N–H and O–H groups in total. The summed E-state index contributed by atoms with van der Waals surface area (Å²) in [6.45, 7) is 4.93. The van der Waals surface area contributed by atoms with Crippen molar-refractivity contribution in [2.24, 2.45) is 0 Å². The summed E-state index contributed by atoms with van der Waals surface area (Å²) in [6, 6.07) is 4.69. The maximum absolute atomic E-state index is 14.3. The van der Waals surface area contributed by atoms with Crippen LogP contribution in [-0.2, 0) is 17.7 Å². The monoisotopic (exact) mass is 405 g/mol. The molecular weight excluding hydrogens is 381 g/mol. The van der Waals surface area contributed by atoms with E-state index >= 15 is 0 Å². The first-order valence-corrected chi connectivity index (χ1v) is 9.82. The smallest absolute Gasteiger partial charge is 0.165 e. The Balaban J connectivity index is 2.10. The van der Waals surface area contributed by atoms with E-state index in [1.807, 2.05) is 6.07 Å². The molecule has 3 aromatic rings. The molecular formula is C21H25ClFN3O2. The number of pyridine rings is 1. The number of fused-ring (bicyclic) bond motifs is 1. The molecule has 7 heteroatoms. The number of methoxy groups -OCH3 is 2. The lowest BCUT2D eigenvalue weighted by atomic mass is 10.1. The molecule has 1 atom stereocenters. The minimum atomic E-state index is -0.465. The molecule has 0 aliphatic rings. The Morgan fingerprint density at radius 3 is 2.64 bits per heavy atom. The molecule has 0 aliphatic carbocycles. The second kappa shape index (κ2) is 8.88. The number of benzene rings is 1. The summed E-state index contributed by atoms with van der Waals surface area (Å²) in [6.07, 6.45) is 4.49. The van der Waals surface area contributed by atoms with Crippen molar-refractivity contribution < 1.29 is 13.9 Å². The van der Waals surface area contributed by atoms with Crippen LogP contribution >= 0.6 is 11.6 Å². The van der Waals surface area contributed by atoms with Crippen molar-refractivity contribution in [3.05, 3.63) is 41.1 Å². The molecule has 0 saturated heterocycles. The Labute approximate surface area is 169 Å². The molecule has 2 heterocycles. The van der Waals surface area contributed by atoms with E-state index in [-0.39, 0.29) is 11.9 Å². The summed E-state index contributed by atoms with van der Waals surface area (Å²) < 4.78 is 27.0. The van der Waals surface area contributed by atoms with E-state index in [9.17, 15) is 4.39 Å². The van der Waals surface area contributed by atoms with Crippen LogP contribution in [0.1, 0.15) is 32.5 Å². The average Bonchev–Trinajstić information content (AvgIpc) is 3.08. The molecule has 3 rings (SSSR count). The van der Waals surface area contributed by atoms with Gasteiger partial charge in [0, 0.05) is 43.5 Å². The summed E-state index contributed by atoms with van der Waals surface area (Å²) in [4.78, 5) is 9.35. The number of imidazole rings is 1. The van der Waals surface area contributed by atoms with Crippen LogP contribution in [0.3, 0.4) is 0 Å². The summed E-state index contributed by atoms with van der Waals surface area (Å²) in [7, 11) is 3.15. The molecule has 0 aliphatic heterocycles. The molecule has 0 bridgehead atoms. The van der Waals surface area contributed by atoms with Gasteiger partial charge in [0.1, 0.15) is 11.3 Å². The van der Waals surface area contributed by atoms with E-state index in [1.54, 1.807) is 13.3 Å². The van der Waals surface area contributed by atoms with E-state index in [4.69, 9.17) is 26.1 Å². The minimum Gasteiger partial charge on any atom is -0.494 e. The van der Waals surface area contributed by atoms with Gasteiger partial charge in [0.25, 0.3) is 0 Å². The third-order valence-corrected chi connectivity index (χ3v) is 5.34. The summed E-state index contributed by atoms with van der Waals surface area (Å²) in [5, 5.41) is 0.406. The topological polar surface area (TPSA) is 49.2 Å². The van der Waals surface area contributed by atoms with Gasteiger partial charge in [-0.25, -0.2) is 14.4 Å². The number of rotatable bonds is 8. The van der Waals surface area contributed by atoms with Crippen LogP contribution in [0, 0.1) is 5.82 Å². The molecule has 5 nitrogen and oxygen atoms in total. The van der Waals surface area contributed by atoms with E-state index < -0.39 is 5.82 Å². The molecule has 0 amide bonds. The van der Waals surface area contributed by atoms with Crippen molar-refractivity contribution in [2.75, 3.05) is 14.2 Å². The van der Waals surface area contributed by atoms with Crippen molar-refractivity contribution in [1.29, 1.82) is 0 Å². The molecule has 1 unspecified atom stereocenters. The Kier molecular flexibility index (Phi) is 6.52. The van der Waals surface area contributed by atoms with Crippen LogP contribution in [0.25, 0.3) is 22.3 Å². The summed E-state index contributed by atoms with van der Waals surface area (Å²) >= 11 is 6.42. The fraction of sp³-hybridized carbons (Fsp3) is 0.429. The minimum absolute atomic E-state index is 0.115. The Morgan fingerprint density at radius 2 is 2.00 bits per heavy atom. The first-order chi connectivity index (χ1) is 13.5. The lowest BCUT2D eigenvalue weighted by Gasteiger charge is -2.14. The van der Waals surface area contributed by atoms with Gasteiger partial charge in [0.15, 0.2) is 17.2 Å². The zero-order valence-electron chi connectivity index (χ0n) is 16.6. The highest BCUT2D eigenvalue weighted by Gasteiger charge is 2.19. The van der Waals surface area contributed by atoms with Gasteiger partial charge in [-0.15, -0.1) is 0 Å². The lowest BCUT2D eigenvalue weighted by molar-refractivity contribution is 0.0883. The SMILES string of the molecule is CCc1nc2c(-c3cc(F)c(OC)cc3Cl)ccnc2n1CCC(CC)OC. The van der Waals surface area contributed by atoms with E-state index in [0.29, 0.717) is 10.6 Å². The number of hydrogen-bond acceptors (Lipinski definition) is 4. The lowest BCUT2D eigenvalue weighted by Crippen LogP contribution is -2.14. The molecule has 150 valence electrons. The Morgan fingerprint density at radius 1 is 1.21 bits per heavy atom. The van der Waals surface area contributed by atoms with Gasteiger partial charge in [-0.3, -0.25) is 0 Å². The van der Waals surface area contributed by atoms with Crippen molar-refractivity contribution in [3.8, 4) is 16.9 Å². The summed E-state index contributed by atoms with van der Waals surface area (Å²) in [5.41, 5.74) is 2.82. The number of nitrogens with zero attached hydrogens (tertiary/aromatic N) is 3. The quantitative estimate of drug-likeness (QED) is 0.511. The van der Waals surface area contributed by atoms with Gasteiger partial charge in [-0.1, -0.05) is 25.4 Å². The largest absolute Gasteiger partial charge is 0.494 e. The first-order valence-electron chi connectivity index (χ1n) is 9.44. The second-order valence-electron chi connectivity index (χ2n) is 6.59. The third-order valence-electron chi connectivity index (χ3n) is 5.02. The molecule has 0 radical (unpaired) electrons. The molecule has 28 heavy (non-hydrogen) atoms. The first kappa shape index (κ1) is 20.6. The molecule has 1 aromatic carbocycles. The van der Waals surface area contributed by atoms with E-state index in [0.717, 1.165) is 48.4 Å². The van der Waals surface area contributed by atoms with E-state index in [2.05, 4.69) is 23.4 Å². The van der Waals surface area contributed by atoms with Crippen LogP contribution in [0.4, 0.5) is 4.39 Å². The van der Waals surface area contributed by atoms with Crippen molar-refractivity contribution in [1.82, 2.24) is 14.5 Å². The van der Waals surface area contributed by atoms with Crippen LogP contribution in [0.15, 0.2) is 24.4 Å². The van der Waals surface area contributed by atoms with E-state index in [1.165, 1.54) is 19.2 Å². The average molecular weight is 406 g/mol. The van der Waals surface area contributed by atoms with Crippen LogP contribution in [-0.4, -0.2) is 34.9 Å². The standard InChI is InChI=1S/C21H25ClFN3O2/c1-5-13(27-3)8-10-26-19(6-2)25-20-14(7-9-24-21(20)26)15-11-17(23)18(28-4)12-16(15)22/h7,9,11-13H,5-6,8,10H2,1-4H3. The van der Waals surface area contributed by atoms with Crippen LogP contribution in [0.2, 0.25) is 5.02 Å². The zero-order chi connectivity index (χ0) is 20.3.